The second-order valence-corrected chi connectivity index (χ2v) is 4.60. The summed E-state index contributed by atoms with van der Waals surface area (Å²) in [5.74, 6) is 1.27. The van der Waals surface area contributed by atoms with Gasteiger partial charge >= 0.3 is 0 Å². The van der Waals surface area contributed by atoms with Crippen LogP contribution in [0.3, 0.4) is 0 Å². The van der Waals surface area contributed by atoms with Crippen LogP contribution in [0.1, 0.15) is 12.1 Å². The van der Waals surface area contributed by atoms with Crippen molar-refractivity contribution in [2.24, 2.45) is 5.92 Å². The van der Waals surface area contributed by atoms with E-state index in [-0.39, 0.29) is 11.9 Å². The summed E-state index contributed by atoms with van der Waals surface area (Å²) in [4.78, 5) is 21.5. The molecule has 6 heteroatoms. The molecule has 86 valence electrons. The van der Waals surface area contributed by atoms with Crippen LogP contribution in [0.4, 0.5) is 11.8 Å². The number of halogens is 1. The number of anilines is 2. The average molecular weight is 285 g/mol. The molecule has 0 saturated carbocycles. The number of nitrogens with zero attached hydrogens (tertiary/aromatic N) is 3. The van der Waals surface area contributed by atoms with Gasteiger partial charge in [0.1, 0.15) is 5.82 Å². The highest BCUT2D eigenvalue weighted by Crippen LogP contribution is 2.25. The Labute approximate surface area is 102 Å². The number of alkyl halides is 1. The summed E-state index contributed by atoms with van der Waals surface area (Å²) in [6.07, 6.45) is 0.564. The third-order valence-electron chi connectivity index (χ3n) is 2.56. The van der Waals surface area contributed by atoms with E-state index in [1.165, 1.54) is 0 Å². The third-order valence-corrected chi connectivity index (χ3v) is 3.47. The monoisotopic (exact) mass is 284 g/mol. The Morgan fingerprint density at radius 1 is 1.62 bits per heavy atom. The molecule has 0 aliphatic carbocycles. The van der Waals surface area contributed by atoms with Crippen molar-refractivity contribution in [3.63, 3.8) is 0 Å². The SMILES string of the molecule is Cc1cc(N2CC(CBr)CC2=O)nc(N)n1. The van der Waals surface area contributed by atoms with Crippen molar-refractivity contribution < 1.29 is 4.79 Å². The van der Waals surface area contributed by atoms with E-state index in [9.17, 15) is 4.79 Å². The van der Waals surface area contributed by atoms with Crippen LogP contribution in [0.2, 0.25) is 0 Å². The van der Waals surface area contributed by atoms with E-state index >= 15 is 0 Å². The molecule has 1 aliphatic rings. The molecule has 1 aromatic rings. The molecule has 0 spiro atoms. The van der Waals surface area contributed by atoms with E-state index in [2.05, 4.69) is 25.9 Å². The van der Waals surface area contributed by atoms with Gasteiger partial charge in [0.25, 0.3) is 0 Å². The molecule has 1 saturated heterocycles. The van der Waals surface area contributed by atoms with Gasteiger partial charge in [0.15, 0.2) is 0 Å². The Bertz CT molecular complexity index is 403. The molecular formula is C10H13BrN4O. The molecule has 1 aromatic heterocycles. The number of carbonyl (C=O) groups excluding carboxylic acids is 1. The molecule has 1 amide bonds. The van der Waals surface area contributed by atoms with Crippen molar-refractivity contribution in [1.29, 1.82) is 0 Å². The molecule has 0 aromatic carbocycles. The van der Waals surface area contributed by atoms with Crippen LogP contribution in [-0.4, -0.2) is 27.7 Å². The lowest BCUT2D eigenvalue weighted by molar-refractivity contribution is -0.117. The van der Waals surface area contributed by atoms with Crippen LogP contribution in [0.25, 0.3) is 0 Å². The maximum atomic E-state index is 11.8. The van der Waals surface area contributed by atoms with Gasteiger partial charge < -0.3 is 5.73 Å². The van der Waals surface area contributed by atoms with Gasteiger partial charge in [0.05, 0.1) is 0 Å². The van der Waals surface area contributed by atoms with Crippen molar-refractivity contribution in [3.05, 3.63) is 11.8 Å². The number of amides is 1. The Kier molecular flexibility index (Phi) is 3.09. The summed E-state index contributed by atoms with van der Waals surface area (Å²) in [6.45, 7) is 2.53. The predicted octanol–water partition coefficient (Wildman–Crippen LogP) is 1.12. The molecule has 1 atom stereocenters. The highest BCUT2D eigenvalue weighted by atomic mass is 79.9. The number of aryl methyl sites for hydroxylation is 1. The Hall–Kier alpha value is -1.17. The first kappa shape index (κ1) is 11.3. The Morgan fingerprint density at radius 2 is 2.38 bits per heavy atom. The number of carbonyl (C=O) groups is 1. The Balaban J connectivity index is 2.27. The first-order chi connectivity index (χ1) is 7.60. The van der Waals surface area contributed by atoms with Crippen LogP contribution >= 0.6 is 15.9 Å². The number of hydrogen-bond donors (Lipinski definition) is 1. The molecule has 0 bridgehead atoms. The van der Waals surface area contributed by atoms with Gasteiger partial charge in [-0.1, -0.05) is 15.9 Å². The number of aromatic nitrogens is 2. The fourth-order valence-corrected chi connectivity index (χ4v) is 2.25. The van der Waals surface area contributed by atoms with Gasteiger partial charge in [-0.15, -0.1) is 0 Å². The van der Waals surface area contributed by atoms with Crippen LogP contribution in [0, 0.1) is 12.8 Å². The molecule has 1 fully saturated rings. The molecule has 2 rings (SSSR count). The average Bonchev–Trinajstić information content (AvgIpc) is 2.58. The van der Waals surface area contributed by atoms with Crippen LogP contribution in [0.5, 0.6) is 0 Å². The number of nitrogen functional groups attached to an aromatic ring is 1. The normalized spacial score (nSPS) is 20.5. The zero-order valence-corrected chi connectivity index (χ0v) is 10.6. The molecule has 16 heavy (non-hydrogen) atoms. The Morgan fingerprint density at radius 3 is 2.94 bits per heavy atom. The zero-order chi connectivity index (χ0) is 11.7. The molecule has 2 N–H and O–H groups in total. The fraction of sp³-hybridized carbons (Fsp3) is 0.500. The van der Waals surface area contributed by atoms with E-state index in [0.717, 1.165) is 11.0 Å². The van der Waals surface area contributed by atoms with Gasteiger partial charge in [-0.25, -0.2) is 4.98 Å². The second-order valence-electron chi connectivity index (χ2n) is 3.95. The minimum Gasteiger partial charge on any atom is -0.368 e. The zero-order valence-electron chi connectivity index (χ0n) is 8.98. The first-order valence-corrected chi connectivity index (χ1v) is 6.20. The summed E-state index contributed by atoms with van der Waals surface area (Å²) in [6, 6.07) is 1.78. The van der Waals surface area contributed by atoms with Crippen molar-refractivity contribution in [2.75, 3.05) is 22.5 Å². The van der Waals surface area contributed by atoms with E-state index in [1.54, 1.807) is 11.0 Å². The van der Waals surface area contributed by atoms with Crippen LogP contribution in [-0.2, 0) is 4.79 Å². The lowest BCUT2D eigenvalue weighted by Gasteiger charge is -2.15. The van der Waals surface area contributed by atoms with E-state index in [0.29, 0.717) is 24.7 Å². The smallest absolute Gasteiger partial charge is 0.228 e. The van der Waals surface area contributed by atoms with Crippen molar-refractivity contribution in [1.82, 2.24) is 9.97 Å². The largest absolute Gasteiger partial charge is 0.368 e. The summed E-state index contributed by atoms with van der Waals surface area (Å²) in [7, 11) is 0. The molecule has 2 heterocycles. The highest BCUT2D eigenvalue weighted by Gasteiger charge is 2.30. The van der Waals surface area contributed by atoms with Gasteiger partial charge in [-0.3, -0.25) is 9.69 Å². The van der Waals surface area contributed by atoms with Gasteiger partial charge in [-0.05, 0) is 12.8 Å². The number of nitrogens with two attached hydrogens (primary N) is 1. The third kappa shape index (κ3) is 2.16. The van der Waals surface area contributed by atoms with Crippen molar-refractivity contribution in [3.8, 4) is 0 Å². The second kappa shape index (κ2) is 4.37. The van der Waals surface area contributed by atoms with Crippen molar-refractivity contribution >= 4 is 33.6 Å². The van der Waals surface area contributed by atoms with Gasteiger partial charge in [0, 0.05) is 30.1 Å². The maximum absolute atomic E-state index is 11.8. The predicted molar refractivity (Wildman–Crippen MR) is 65.4 cm³/mol. The lowest BCUT2D eigenvalue weighted by Crippen LogP contribution is -2.26. The van der Waals surface area contributed by atoms with Gasteiger partial charge in [0.2, 0.25) is 11.9 Å². The highest BCUT2D eigenvalue weighted by molar-refractivity contribution is 9.09. The van der Waals surface area contributed by atoms with Crippen LogP contribution < -0.4 is 10.6 Å². The first-order valence-electron chi connectivity index (χ1n) is 5.07. The summed E-state index contributed by atoms with van der Waals surface area (Å²) in [5.41, 5.74) is 6.35. The summed E-state index contributed by atoms with van der Waals surface area (Å²) < 4.78 is 0. The number of hydrogen-bond acceptors (Lipinski definition) is 4. The number of rotatable bonds is 2. The lowest BCUT2D eigenvalue weighted by atomic mass is 10.2. The van der Waals surface area contributed by atoms with Gasteiger partial charge in [-0.2, -0.15) is 4.98 Å². The summed E-state index contributed by atoms with van der Waals surface area (Å²) >= 11 is 3.40. The maximum Gasteiger partial charge on any atom is 0.228 e. The van der Waals surface area contributed by atoms with E-state index in [4.69, 9.17) is 5.73 Å². The minimum atomic E-state index is 0.0990. The molecular weight excluding hydrogens is 272 g/mol. The molecule has 1 aliphatic heterocycles. The quantitative estimate of drug-likeness (QED) is 0.826. The summed E-state index contributed by atoms with van der Waals surface area (Å²) in [5, 5.41) is 0.828. The molecule has 0 radical (unpaired) electrons. The van der Waals surface area contributed by atoms with Crippen molar-refractivity contribution in [2.45, 2.75) is 13.3 Å². The topological polar surface area (TPSA) is 72.1 Å². The van der Waals surface area contributed by atoms with E-state index < -0.39 is 0 Å². The molecule has 1 unspecified atom stereocenters. The fourth-order valence-electron chi connectivity index (χ4n) is 1.82. The van der Waals surface area contributed by atoms with E-state index in [1.807, 2.05) is 6.92 Å². The van der Waals surface area contributed by atoms with Crippen LogP contribution in [0.15, 0.2) is 6.07 Å². The molecule has 5 nitrogen and oxygen atoms in total. The minimum absolute atomic E-state index is 0.0990. The standard InChI is InChI=1S/C10H13BrN4O/c1-6-2-8(14-10(12)13-6)15-5-7(4-11)3-9(15)16/h2,7H,3-5H2,1H3,(H2,12,13,14).